The first kappa shape index (κ1) is 18.5. The molecular weight excluding hydrogens is 344 g/mol. The number of aryl methyl sites for hydroxylation is 1. The third-order valence-corrected chi connectivity index (χ3v) is 5.68. The summed E-state index contributed by atoms with van der Waals surface area (Å²) in [6.45, 7) is 3.39. The van der Waals surface area contributed by atoms with Gasteiger partial charge in [0.15, 0.2) is 0 Å². The number of carbonyl (C=O) groups is 1. The minimum atomic E-state index is -3.74. The zero-order valence-electron chi connectivity index (χ0n) is 13.7. The van der Waals surface area contributed by atoms with Crippen LogP contribution < -0.4 is 10.0 Å². The van der Waals surface area contributed by atoms with Crippen LogP contribution in [-0.2, 0) is 14.8 Å². The Balaban J connectivity index is 2.06. The molecule has 0 aliphatic heterocycles. The minimum Gasteiger partial charge on any atom is -0.325 e. The van der Waals surface area contributed by atoms with E-state index in [2.05, 4.69) is 10.0 Å². The Hall–Kier alpha value is -1.83. The van der Waals surface area contributed by atoms with Crippen molar-refractivity contribution < 1.29 is 13.2 Å². The Morgan fingerprint density at radius 1 is 1.12 bits per heavy atom. The molecule has 0 aliphatic rings. The summed E-state index contributed by atoms with van der Waals surface area (Å²) in [7, 11) is -3.74. The number of hydrogen-bond donors (Lipinski definition) is 2. The smallest absolute Gasteiger partial charge is 0.242 e. The van der Waals surface area contributed by atoms with Gasteiger partial charge in [0, 0.05) is 10.6 Å². The average molecular weight is 364 g/mol. The van der Waals surface area contributed by atoms with Crippen molar-refractivity contribution in [3.8, 4) is 0 Å². The first-order valence-corrected chi connectivity index (χ1v) is 10.1. The number of anilines is 1. The summed E-state index contributed by atoms with van der Waals surface area (Å²) in [6.07, 6.45) is 1.94. The van der Waals surface area contributed by atoms with Gasteiger partial charge in [0.2, 0.25) is 15.9 Å². The highest BCUT2D eigenvalue weighted by Crippen LogP contribution is 2.19. The molecule has 0 unspecified atom stereocenters. The predicted octanol–water partition coefficient (Wildman–Crippen LogP) is 3.02. The molecule has 0 saturated heterocycles. The lowest BCUT2D eigenvalue weighted by Crippen LogP contribution is -2.41. The fourth-order valence-corrected chi connectivity index (χ4v) is 3.69. The summed E-state index contributed by atoms with van der Waals surface area (Å²) in [5, 5.41) is 2.72. The van der Waals surface area contributed by atoms with Crippen LogP contribution in [0.1, 0.15) is 12.5 Å². The maximum absolute atomic E-state index is 12.3. The number of amides is 1. The van der Waals surface area contributed by atoms with Gasteiger partial charge in [-0.25, -0.2) is 8.42 Å². The number of carbonyl (C=O) groups excluding carboxylic acids is 1. The number of rotatable bonds is 6. The molecule has 7 heteroatoms. The van der Waals surface area contributed by atoms with Gasteiger partial charge in [0.05, 0.1) is 10.9 Å². The second-order valence-electron chi connectivity index (χ2n) is 5.38. The molecule has 0 saturated carbocycles. The molecule has 5 nitrogen and oxygen atoms in total. The van der Waals surface area contributed by atoms with Gasteiger partial charge in [0.25, 0.3) is 0 Å². The molecule has 0 fully saturated rings. The van der Waals surface area contributed by atoms with Crippen molar-refractivity contribution >= 4 is 33.4 Å². The average Bonchev–Trinajstić information content (AvgIpc) is 2.55. The summed E-state index contributed by atoms with van der Waals surface area (Å²) in [6, 6.07) is 12.9. The van der Waals surface area contributed by atoms with Gasteiger partial charge >= 0.3 is 0 Å². The highest BCUT2D eigenvalue weighted by atomic mass is 32.2. The van der Waals surface area contributed by atoms with Crippen molar-refractivity contribution in [2.45, 2.75) is 29.7 Å². The van der Waals surface area contributed by atoms with Crippen molar-refractivity contribution in [1.82, 2.24) is 4.72 Å². The molecule has 0 aromatic heterocycles. The molecule has 24 heavy (non-hydrogen) atoms. The highest BCUT2D eigenvalue weighted by molar-refractivity contribution is 7.98. The second kappa shape index (κ2) is 7.83. The van der Waals surface area contributed by atoms with Gasteiger partial charge in [-0.3, -0.25) is 4.79 Å². The number of nitrogens with one attached hydrogen (secondary N) is 2. The zero-order chi connectivity index (χ0) is 17.7. The molecule has 128 valence electrons. The van der Waals surface area contributed by atoms with Gasteiger partial charge in [-0.2, -0.15) is 4.72 Å². The van der Waals surface area contributed by atoms with Crippen molar-refractivity contribution in [1.29, 1.82) is 0 Å². The summed E-state index contributed by atoms with van der Waals surface area (Å²) in [5.41, 5.74) is 1.60. The lowest BCUT2D eigenvalue weighted by Gasteiger charge is -2.15. The van der Waals surface area contributed by atoms with Crippen LogP contribution in [0.15, 0.2) is 58.3 Å². The SMILES string of the molecule is CSc1cccc(NC(=O)[C@H](C)NS(=O)(=O)c2ccc(C)cc2)c1. The Morgan fingerprint density at radius 3 is 2.42 bits per heavy atom. The molecule has 0 aliphatic carbocycles. The second-order valence-corrected chi connectivity index (χ2v) is 7.97. The van der Waals surface area contributed by atoms with Crippen molar-refractivity contribution in [3.63, 3.8) is 0 Å². The van der Waals surface area contributed by atoms with E-state index in [1.165, 1.54) is 19.1 Å². The number of sulfonamides is 1. The molecule has 0 bridgehead atoms. The Kier molecular flexibility index (Phi) is 6.04. The zero-order valence-corrected chi connectivity index (χ0v) is 15.4. The van der Waals surface area contributed by atoms with Crippen LogP contribution in [-0.4, -0.2) is 26.6 Å². The van der Waals surface area contributed by atoms with Crippen LogP contribution >= 0.6 is 11.8 Å². The third kappa shape index (κ3) is 4.83. The lowest BCUT2D eigenvalue weighted by molar-refractivity contribution is -0.117. The van der Waals surface area contributed by atoms with Crippen LogP contribution in [0, 0.1) is 6.92 Å². The highest BCUT2D eigenvalue weighted by Gasteiger charge is 2.22. The number of benzene rings is 2. The first-order valence-electron chi connectivity index (χ1n) is 7.36. The van der Waals surface area contributed by atoms with Crippen LogP contribution in [0.2, 0.25) is 0 Å². The molecule has 2 aromatic carbocycles. The molecule has 2 rings (SSSR count). The molecule has 2 aromatic rings. The molecule has 0 radical (unpaired) electrons. The monoisotopic (exact) mass is 364 g/mol. The van der Waals surface area contributed by atoms with Crippen LogP contribution in [0.4, 0.5) is 5.69 Å². The van der Waals surface area contributed by atoms with Crippen molar-refractivity contribution in [2.75, 3.05) is 11.6 Å². The Labute approximate surface area is 146 Å². The lowest BCUT2D eigenvalue weighted by atomic mass is 10.2. The molecule has 0 heterocycles. The van der Waals surface area contributed by atoms with E-state index in [0.717, 1.165) is 10.5 Å². The van der Waals surface area contributed by atoms with E-state index in [9.17, 15) is 13.2 Å². The van der Waals surface area contributed by atoms with Gasteiger partial charge in [0.1, 0.15) is 0 Å². The maximum Gasteiger partial charge on any atom is 0.242 e. The summed E-state index contributed by atoms with van der Waals surface area (Å²) >= 11 is 1.56. The van der Waals surface area contributed by atoms with Crippen LogP contribution in [0.3, 0.4) is 0 Å². The minimum absolute atomic E-state index is 0.136. The normalized spacial score (nSPS) is 12.6. The summed E-state index contributed by atoms with van der Waals surface area (Å²) in [5.74, 6) is -0.413. The van der Waals surface area contributed by atoms with E-state index in [1.54, 1.807) is 30.0 Å². The van der Waals surface area contributed by atoms with E-state index < -0.39 is 22.0 Å². The Bertz CT molecular complexity index is 818. The molecule has 1 amide bonds. The standard InChI is InChI=1S/C17H20N2O3S2/c1-12-7-9-16(10-8-12)24(21,22)19-13(2)17(20)18-14-5-4-6-15(11-14)23-3/h4-11,13,19H,1-3H3,(H,18,20)/t13-/m0/s1. The Morgan fingerprint density at radius 2 is 1.79 bits per heavy atom. The quantitative estimate of drug-likeness (QED) is 0.773. The molecular formula is C17H20N2O3S2. The molecule has 0 spiro atoms. The molecule has 1 atom stereocenters. The van der Waals surface area contributed by atoms with Gasteiger partial charge in [-0.15, -0.1) is 11.8 Å². The summed E-state index contributed by atoms with van der Waals surface area (Å²) < 4.78 is 27.0. The van der Waals surface area contributed by atoms with Gasteiger partial charge in [-0.1, -0.05) is 23.8 Å². The largest absolute Gasteiger partial charge is 0.325 e. The number of thioether (sulfide) groups is 1. The van der Waals surface area contributed by atoms with Gasteiger partial charge in [-0.05, 0) is 50.4 Å². The summed E-state index contributed by atoms with van der Waals surface area (Å²) in [4.78, 5) is 13.4. The first-order chi connectivity index (χ1) is 11.3. The van der Waals surface area contributed by atoms with Crippen molar-refractivity contribution in [3.05, 3.63) is 54.1 Å². The third-order valence-electron chi connectivity index (χ3n) is 3.39. The van der Waals surface area contributed by atoms with E-state index in [-0.39, 0.29) is 4.90 Å². The number of hydrogen-bond acceptors (Lipinski definition) is 4. The van der Waals surface area contributed by atoms with Crippen LogP contribution in [0.25, 0.3) is 0 Å². The van der Waals surface area contributed by atoms with E-state index in [1.807, 2.05) is 31.4 Å². The maximum atomic E-state index is 12.3. The van der Waals surface area contributed by atoms with E-state index in [4.69, 9.17) is 0 Å². The topological polar surface area (TPSA) is 75.3 Å². The van der Waals surface area contributed by atoms with Crippen molar-refractivity contribution in [2.24, 2.45) is 0 Å². The fourth-order valence-electron chi connectivity index (χ4n) is 2.02. The molecule has 2 N–H and O–H groups in total. The van der Waals surface area contributed by atoms with Gasteiger partial charge < -0.3 is 5.32 Å². The predicted molar refractivity (Wildman–Crippen MR) is 97.8 cm³/mol. The van der Waals surface area contributed by atoms with Crippen LogP contribution in [0.5, 0.6) is 0 Å². The fraction of sp³-hybridized carbons (Fsp3) is 0.235. The van der Waals surface area contributed by atoms with E-state index >= 15 is 0 Å². The van der Waals surface area contributed by atoms with E-state index in [0.29, 0.717) is 5.69 Å².